The average molecular weight is 399 g/mol. The summed E-state index contributed by atoms with van der Waals surface area (Å²) in [6.45, 7) is 4.44. The molecule has 0 saturated carbocycles. The topological polar surface area (TPSA) is 66.6 Å². The zero-order chi connectivity index (χ0) is 19.0. The molecule has 8 heteroatoms. The molecule has 1 rings (SSSR count). The van der Waals surface area contributed by atoms with E-state index in [0.717, 1.165) is 39.1 Å². The molecule has 0 aliphatic heterocycles. The molecular formula is C18H30N4O2S2. The fourth-order valence-electron chi connectivity index (χ4n) is 2.18. The Labute approximate surface area is 167 Å². The van der Waals surface area contributed by atoms with Crippen LogP contribution in [0.5, 0.6) is 0 Å². The van der Waals surface area contributed by atoms with Crippen molar-refractivity contribution in [3.8, 4) is 0 Å². The average Bonchev–Trinajstić information content (AvgIpc) is 2.66. The van der Waals surface area contributed by atoms with Crippen LogP contribution in [0.15, 0.2) is 24.3 Å². The molecule has 0 bridgehead atoms. The third kappa shape index (κ3) is 11.2. The molecule has 0 heterocycles. The number of nitrogens with one attached hydrogen (secondary N) is 4. The summed E-state index contributed by atoms with van der Waals surface area (Å²) in [6.07, 6.45) is 1.86. The maximum absolute atomic E-state index is 5.27. The predicted molar refractivity (Wildman–Crippen MR) is 114 cm³/mol. The monoisotopic (exact) mass is 398 g/mol. The largest absolute Gasteiger partial charge is 0.385 e. The zero-order valence-corrected chi connectivity index (χ0v) is 17.2. The number of rotatable bonds is 12. The van der Waals surface area contributed by atoms with E-state index in [4.69, 9.17) is 33.9 Å². The molecular weight excluding hydrogens is 368 g/mol. The molecule has 0 fully saturated rings. The van der Waals surface area contributed by atoms with Gasteiger partial charge in [0, 0.05) is 53.6 Å². The van der Waals surface area contributed by atoms with Crippen molar-refractivity contribution in [1.29, 1.82) is 0 Å². The van der Waals surface area contributed by atoms with Crippen molar-refractivity contribution in [1.82, 2.24) is 21.3 Å². The van der Waals surface area contributed by atoms with Crippen LogP contribution in [-0.4, -0.2) is 50.7 Å². The van der Waals surface area contributed by atoms with Crippen LogP contribution in [0.4, 0.5) is 0 Å². The summed E-state index contributed by atoms with van der Waals surface area (Å²) in [7, 11) is 3.39. The van der Waals surface area contributed by atoms with Crippen LogP contribution in [0.2, 0.25) is 0 Å². The molecule has 0 atom stereocenters. The number of thiocarbonyl (C=S) groups is 2. The number of methoxy groups -OCH3 is 2. The second-order valence-electron chi connectivity index (χ2n) is 5.73. The molecule has 0 spiro atoms. The lowest BCUT2D eigenvalue weighted by atomic mass is 10.1. The maximum atomic E-state index is 5.27. The van der Waals surface area contributed by atoms with Gasteiger partial charge in [-0.1, -0.05) is 24.3 Å². The molecule has 1 aromatic rings. The van der Waals surface area contributed by atoms with Crippen molar-refractivity contribution < 1.29 is 9.47 Å². The summed E-state index contributed by atoms with van der Waals surface area (Å²) < 4.78 is 10.0. The van der Waals surface area contributed by atoms with Gasteiger partial charge in [-0.25, -0.2) is 0 Å². The number of benzene rings is 1. The highest BCUT2D eigenvalue weighted by Crippen LogP contribution is 2.05. The van der Waals surface area contributed by atoms with Gasteiger partial charge in [0.1, 0.15) is 0 Å². The molecule has 0 aliphatic carbocycles. The van der Waals surface area contributed by atoms with Crippen LogP contribution in [0, 0.1) is 0 Å². The van der Waals surface area contributed by atoms with Crippen molar-refractivity contribution in [3.63, 3.8) is 0 Å². The highest BCUT2D eigenvalue weighted by molar-refractivity contribution is 7.80. The summed E-state index contributed by atoms with van der Waals surface area (Å²) >= 11 is 10.5. The summed E-state index contributed by atoms with van der Waals surface area (Å²) in [5.74, 6) is 0. The summed E-state index contributed by atoms with van der Waals surface area (Å²) in [5, 5.41) is 14.1. The minimum atomic E-state index is 0.658. The third-order valence-electron chi connectivity index (χ3n) is 3.52. The maximum Gasteiger partial charge on any atom is 0.166 e. The van der Waals surface area contributed by atoms with E-state index in [0.29, 0.717) is 23.3 Å². The molecule has 0 radical (unpaired) electrons. The Kier molecular flexibility index (Phi) is 12.7. The fourth-order valence-corrected chi connectivity index (χ4v) is 2.52. The molecule has 0 unspecified atom stereocenters. The van der Waals surface area contributed by atoms with Gasteiger partial charge in [-0.3, -0.25) is 0 Å². The second-order valence-corrected chi connectivity index (χ2v) is 6.55. The van der Waals surface area contributed by atoms with Crippen LogP contribution in [0.1, 0.15) is 24.0 Å². The quantitative estimate of drug-likeness (QED) is 0.313. The first-order valence-corrected chi connectivity index (χ1v) is 9.56. The minimum absolute atomic E-state index is 0.658. The highest BCUT2D eigenvalue weighted by atomic mass is 32.1. The van der Waals surface area contributed by atoms with Crippen LogP contribution < -0.4 is 21.3 Å². The van der Waals surface area contributed by atoms with Crippen molar-refractivity contribution >= 4 is 34.7 Å². The smallest absolute Gasteiger partial charge is 0.166 e. The first-order chi connectivity index (χ1) is 12.7. The highest BCUT2D eigenvalue weighted by Gasteiger charge is 2.00. The predicted octanol–water partition coefficient (Wildman–Crippen LogP) is 1.69. The van der Waals surface area contributed by atoms with Gasteiger partial charge in [0.25, 0.3) is 0 Å². The molecule has 0 aromatic heterocycles. The molecule has 4 N–H and O–H groups in total. The van der Waals surface area contributed by atoms with Crippen LogP contribution in [0.3, 0.4) is 0 Å². The van der Waals surface area contributed by atoms with E-state index in [9.17, 15) is 0 Å². The van der Waals surface area contributed by atoms with Crippen molar-refractivity contribution in [2.45, 2.75) is 25.9 Å². The fraction of sp³-hybridized carbons (Fsp3) is 0.556. The van der Waals surface area contributed by atoms with E-state index >= 15 is 0 Å². The molecule has 1 aromatic carbocycles. The van der Waals surface area contributed by atoms with Gasteiger partial charge >= 0.3 is 0 Å². The van der Waals surface area contributed by atoms with Gasteiger partial charge in [0.15, 0.2) is 10.2 Å². The number of hydrogen-bond donors (Lipinski definition) is 4. The summed E-state index contributed by atoms with van der Waals surface area (Å²) in [4.78, 5) is 0. The van der Waals surface area contributed by atoms with Crippen molar-refractivity contribution in [2.24, 2.45) is 0 Å². The first-order valence-electron chi connectivity index (χ1n) is 8.74. The van der Waals surface area contributed by atoms with E-state index in [2.05, 4.69) is 39.5 Å². The Hall–Kier alpha value is -1.48. The third-order valence-corrected chi connectivity index (χ3v) is 4.10. The lowest BCUT2D eigenvalue weighted by molar-refractivity contribution is 0.195. The van der Waals surface area contributed by atoms with Gasteiger partial charge in [-0.05, 0) is 48.4 Å². The lowest BCUT2D eigenvalue weighted by Gasteiger charge is -2.12. The van der Waals surface area contributed by atoms with Gasteiger partial charge in [0.05, 0.1) is 0 Å². The molecule has 0 saturated heterocycles. The van der Waals surface area contributed by atoms with Crippen molar-refractivity contribution in [2.75, 3.05) is 40.5 Å². The Morgan fingerprint density at radius 1 is 0.808 bits per heavy atom. The van der Waals surface area contributed by atoms with Crippen LogP contribution in [0.25, 0.3) is 0 Å². The summed E-state index contributed by atoms with van der Waals surface area (Å²) in [5.41, 5.74) is 2.34. The SMILES string of the molecule is COCCCNC(=S)NCc1cccc(CNC(=S)NCCCOC)c1. The van der Waals surface area contributed by atoms with Crippen LogP contribution >= 0.6 is 24.4 Å². The number of hydrogen-bond acceptors (Lipinski definition) is 4. The van der Waals surface area contributed by atoms with Gasteiger partial charge < -0.3 is 30.7 Å². The van der Waals surface area contributed by atoms with E-state index in [-0.39, 0.29) is 0 Å². The second kappa shape index (κ2) is 14.7. The van der Waals surface area contributed by atoms with Gasteiger partial charge in [-0.2, -0.15) is 0 Å². The Morgan fingerprint density at radius 2 is 1.27 bits per heavy atom. The van der Waals surface area contributed by atoms with Crippen molar-refractivity contribution in [3.05, 3.63) is 35.4 Å². The molecule has 0 amide bonds. The number of ether oxygens (including phenoxy) is 2. The normalized spacial score (nSPS) is 10.2. The Bertz CT molecular complexity index is 500. The van der Waals surface area contributed by atoms with Gasteiger partial charge in [-0.15, -0.1) is 0 Å². The summed E-state index contributed by atoms with van der Waals surface area (Å²) in [6, 6.07) is 8.33. The van der Waals surface area contributed by atoms with Crippen LogP contribution in [-0.2, 0) is 22.6 Å². The molecule has 0 aliphatic rings. The van der Waals surface area contributed by atoms with E-state index < -0.39 is 0 Å². The molecule has 146 valence electrons. The molecule has 26 heavy (non-hydrogen) atoms. The van der Waals surface area contributed by atoms with E-state index in [1.54, 1.807) is 14.2 Å². The van der Waals surface area contributed by atoms with E-state index in [1.807, 2.05) is 6.07 Å². The minimum Gasteiger partial charge on any atom is -0.385 e. The van der Waals surface area contributed by atoms with E-state index in [1.165, 1.54) is 11.1 Å². The van der Waals surface area contributed by atoms with Gasteiger partial charge in [0.2, 0.25) is 0 Å². The molecule has 6 nitrogen and oxygen atoms in total. The standard InChI is InChI=1S/C18H30N4O2S2/c1-23-10-4-8-19-17(25)21-13-15-6-3-7-16(12-15)14-22-18(26)20-9-5-11-24-2/h3,6-7,12H,4-5,8-11,13-14H2,1-2H3,(H2,19,21,25)(H2,20,22,26). The first kappa shape index (κ1) is 22.6. The Balaban J connectivity index is 2.27. The Morgan fingerprint density at radius 3 is 1.69 bits per heavy atom. The lowest BCUT2D eigenvalue weighted by Crippen LogP contribution is -2.36. The zero-order valence-electron chi connectivity index (χ0n) is 15.6.